The van der Waals surface area contributed by atoms with Gasteiger partial charge in [-0.25, -0.2) is 4.79 Å². The van der Waals surface area contributed by atoms with Crippen molar-refractivity contribution in [2.45, 2.75) is 64.6 Å². The topological polar surface area (TPSA) is 80.7 Å². The quantitative estimate of drug-likeness (QED) is 0.583. The van der Waals surface area contributed by atoms with Crippen molar-refractivity contribution in [3.05, 3.63) is 35.5 Å². The van der Waals surface area contributed by atoms with E-state index < -0.39 is 17.5 Å². The molecule has 1 aliphatic carbocycles. The number of esters is 1. The third-order valence-corrected chi connectivity index (χ3v) is 5.03. The highest BCUT2D eigenvalue weighted by atomic mass is 16.5. The van der Waals surface area contributed by atoms with Crippen molar-refractivity contribution in [3.63, 3.8) is 0 Å². The molecule has 0 aromatic heterocycles. The van der Waals surface area contributed by atoms with Crippen molar-refractivity contribution in [2.24, 2.45) is 5.92 Å². The van der Waals surface area contributed by atoms with Gasteiger partial charge in [-0.2, -0.15) is 0 Å². The van der Waals surface area contributed by atoms with Crippen molar-refractivity contribution >= 4 is 17.5 Å². The second-order valence-corrected chi connectivity index (χ2v) is 7.35. The largest absolute Gasteiger partial charge is 0.455 e. The molecule has 136 valence electrons. The van der Waals surface area contributed by atoms with Crippen LogP contribution in [0.4, 0.5) is 0 Å². The molecule has 1 aliphatic heterocycles. The highest BCUT2D eigenvalue weighted by molar-refractivity contribution is 6.05. The predicted molar refractivity (Wildman–Crippen MR) is 93.7 cm³/mol. The van der Waals surface area contributed by atoms with E-state index in [-0.39, 0.29) is 30.5 Å². The zero-order chi connectivity index (χ0) is 18.8. The van der Waals surface area contributed by atoms with Crippen LogP contribution < -0.4 is 0 Å². The summed E-state index contributed by atoms with van der Waals surface area (Å²) in [5, 5.41) is 10.4. The number of ketones is 2. The van der Waals surface area contributed by atoms with Gasteiger partial charge >= 0.3 is 5.97 Å². The molecule has 0 aromatic carbocycles. The number of ether oxygens (including phenoxy) is 1. The molecule has 1 N–H and O–H groups in total. The Morgan fingerprint density at radius 1 is 1.32 bits per heavy atom. The molecule has 2 bridgehead atoms. The van der Waals surface area contributed by atoms with Crippen LogP contribution >= 0.6 is 0 Å². The summed E-state index contributed by atoms with van der Waals surface area (Å²) in [4.78, 5) is 36.7. The molecule has 0 amide bonds. The highest BCUT2D eigenvalue weighted by Crippen LogP contribution is 2.29. The number of aliphatic hydroxyl groups is 1. The Balaban J connectivity index is 2.31. The average Bonchev–Trinajstić information content (AvgIpc) is 2.88. The van der Waals surface area contributed by atoms with Crippen molar-refractivity contribution in [1.82, 2.24) is 0 Å². The summed E-state index contributed by atoms with van der Waals surface area (Å²) >= 11 is 0. The van der Waals surface area contributed by atoms with Gasteiger partial charge in [0, 0.05) is 12.0 Å². The van der Waals surface area contributed by atoms with Crippen molar-refractivity contribution < 1.29 is 24.2 Å². The van der Waals surface area contributed by atoms with Crippen LogP contribution in [0.1, 0.15) is 52.9 Å². The number of carbonyl (C=O) groups is 3. The molecule has 0 saturated heterocycles. The van der Waals surface area contributed by atoms with Gasteiger partial charge in [0.1, 0.15) is 11.7 Å². The van der Waals surface area contributed by atoms with Crippen molar-refractivity contribution in [2.75, 3.05) is 0 Å². The first-order valence-electron chi connectivity index (χ1n) is 8.65. The molecular weight excluding hydrogens is 320 g/mol. The molecule has 0 spiro atoms. The molecule has 5 heteroatoms. The van der Waals surface area contributed by atoms with Gasteiger partial charge in [0.25, 0.3) is 0 Å². The lowest BCUT2D eigenvalue weighted by atomic mass is 9.86. The SMILES string of the molecule is C=C(C)C1CCC2=CC(CCC(C)(O)C(=O)/C=C(/C)C(=O)C1)OC2=O. The molecular formula is C20H26O5. The Hall–Kier alpha value is -2.01. The first-order chi connectivity index (χ1) is 11.6. The Morgan fingerprint density at radius 3 is 2.64 bits per heavy atom. The number of allylic oxidation sites excluding steroid dienone is 2. The molecule has 5 nitrogen and oxygen atoms in total. The fourth-order valence-corrected chi connectivity index (χ4v) is 3.08. The first-order valence-corrected chi connectivity index (χ1v) is 8.65. The Bertz CT molecular complexity index is 666. The van der Waals surface area contributed by atoms with E-state index in [4.69, 9.17) is 4.74 Å². The third-order valence-electron chi connectivity index (χ3n) is 5.03. The van der Waals surface area contributed by atoms with Crippen molar-refractivity contribution in [1.29, 1.82) is 0 Å². The first kappa shape index (κ1) is 19.3. The molecule has 25 heavy (non-hydrogen) atoms. The van der Waals surface area contributed by atoms with E-state index in [0.29, 0.717) is 30.4 Å². The lowest BCUT2D eigenvalue weighted by molar-refractivity contribution is -0.140. The number of hydrogen-bond acceptors (Lipinski definition) is 5. The van der Waals surface area contributed by atoms with Crippen molar-refractivity contribution in [3.8, 4) is 0 Å². The molecule has 3 atom stereocenters. The summed E-state index contributed by atoms with van der Waals surface area (Å²) in [7, 11) is 0. The smallest absolute Gasteiger partial charge is 0.334 e. The van der Waals surface area contributed by atoms with Crippen LogP contribution in [0.3, 0.4) is 0 Å². The summed E-state index contributed by atoms with van der Waals surface area (Å²) < 4.78 is 5.31. The summed E-state index contributed by atoms with van der Waals surface area (Å²) in [6, 6.07) is 0. The fourth-order valence-electron chi connectivity index (χ4n) is 3.08. The van der Waals surface area contributed by atoms with Crippen LogP contribution in [0.15, 0.2) is 35.5 Å². The zero-order valence-corrected chi connectivity index (χ0v) is 15.1. The van der Waals surface area contributed by atoms with E-state index in [1.807, 2.05) is 6.92 Å². The van der Waals surface area contributed by atoms with Gasteiger partial charge in [0.15, 0.2) is 11.6 Å². The molecule has 3 unspecified atom stereocenters. The molecule has 1 heterocycles. The van der Waals surface area contributed by atoms with Crippen LogP contribution in [0.25, 0.3) is 0 Å². The summed E-state index contributed by atoms with van der Waals surface area (Å²) in [5.74, 6) is -1.07. The minimum Gasteiger partial charge on any atom is -0.455 e. The molecule has 2 rings (SSSR count). The van der Waals surface area contributed by atoms with Gasteiger partial charge in [0.2, 0.25) is 0 Å². The minimum absolute atomic E-state index is 0.0675. The Kier molecular flexibility index (Phi) is 5.78. The molecule has 2 aliphatic rings. The molecule has 0 radical (unpaired) electrons. The number of rotatable bonds is 1. The van der Waals surface area contributed by atoms with E-state index in [1.165, 1.54) is 13.0 Å². The molecule has 0 fully saturated rings. The van der Waals surface area contributed by atoms with Crippen LogP contribution in [0.5, 0.6) is 0 Å². The fraction of sp³-hybridized carbons (Fsp3) is 0.550. The van der Waals surface area contributed by atoms with Crippen LogP contribution in [0.2, 0.25) is 0 Å². The molecule has 0 saturated carbocycles. The highest BCUT2D eigenvalue weighted by Gasteiger charge is 2.33. The van der Waals surface area contributed by atoms with E-state index >= 15 is 0 Å². The van der Waals surface area contributed by atoms with Crippen LogP contribution in [-0.2, 0) is 19.1 Å². The normalized spacial score (nSPS) is 33.8. The Labute approximate surface area is 148 Å². The zero-order valence-electron chi connectivity index (χ0n) is 15.1. The molecule has 0 aromatic rings. The number of hydrogen-bond donors (Lipinski definition) is 1. The van der Waals surface area contributed by atoms with Gasteiger partial charge < -0.3 is 9.84 Å². The van der Waals surface area contributed by atoms with E-state index in [9.17, 15) is 19.5 Å². The number of carbonyl (C=O) groups excluding carboxylic acids is 3. The van der Waals surface area contributed by atoms with Gasteiger partial charge in [-0.1, -0.05) is 12.2 Å². The van der Waals surface area contributed by atoms with Gasteiger partial charge in [-0.15, -0.1) is 0 Å². The maximum absolute atomic E-state index is 12.4. The van der Waals surface area contributed by atoms with E-state index in [1.54, 1.807) is 13.0 Å². The maximum Gasteiger partial charge on any atom is 0.334 e. The van der Waals surface area contributed by atoms with Gasteiger partial charge in [0.05, 0.1) is 0 Å². The minimum atomic E-state index is -1.59. The standard InChI is InChI=1S/C20H26O5/c1-12(2)14-5-6-15-10-16(25-19(15)23)7-8-20(4,24)18(22)9-13(3)17(21)11-14/h9-10,14,16,24H,1,5-8,11H2,2-4H3/b13-9-. The summed E-state index contributed by atoms with van der Waals surface area (Å²) in [5.41, 5.74) is 0.208. The lowest BCUT2D eigenvalue weighted by Gasteiger charge is -2.22. The monoisotopic (exact) mass is 346 g/mol. The second-order valence-electron chi connectivity index (χ2n) is 7.35. The van der Waals surface area contributed by atoms with E-state index in [0.717, 1.165) is 5.57 Å². The van der Waals surface area contributed by atoms with Crippen LogP contribution in [0, 0.1) is 5.92 Å². The van der Waals surface area contributed by atoms with Gasteiger partial charge in [-0.05, 0) is 70.1 Å². The second kappa shape index (κ2) is 7.48. The third kappa shape index (κ3) is 4.75. The van der Waals surface area contributed by atoms with Gasteiger partial charge in [-0.3, -0.25) is 9.59 Å². The predicted octanol–water partition coefficient (Wildman–Crippen LogP) is 2.83. The average molecular weight is 346 g/mol. The summed E-state index contributed by atoms with van der Waals surface area (Å²) in [6.45, 7) is 8.82. The Morgan fingerprint density at radius 2 is 2.00 bits per heavy atom. The maximum atomic E-state index is 12.4. The van der Waals surface area contributed by atoms with Crippen LogP contribution in [-0.4, -0.2) is 34.3 Å². The number of fused-ring (bicyclic) bond motifs is 1. The number of Topliss-reactive ketones (excluding diaryl/α,β-unsaturated/α-hetero) is 1. The summed E-state index contributed by atoms with van der Waals surface area (Å²) in [6.07, 6.45) is 4.49. The van der Waals surface area contributed by atoms with E-state index in [2.05, 4.69) is 6.58 Å². The lowest BCUT2D eigenvalue weighted by Crippen LogP contribution is -2.35.